The van der Waals surface area contributed by atoms with Gasteiger partial charge in [0.25, 0.3) is 0 Å². The van der Waals surface area contributed by atoms with Gasteiger partial charge in [0.05, 0.1) is 40.3 Å². The molecule has 0 amide bonds. The van der Waals surface area contributed by atoms with Crippen molar-refractivity contribution in [3.63, 3.8) is 0 Å². The van der Waals surface area contributed by atoms with Crippen molar-refractivity contribution in [1.29, 1.82) is 0 Å². The van der Waals surface area contributed by atoms with E-state index in [-0.39, 0.29) is 32.2 Å². The number of likely N-dealkylation sites (N-methyl/N-ethyl adjacent to an activating group) is 1. The van der Waals surface area contributed by atoms with Crippen molar-refractivity contribution in [2.75, 3.05) is 47.5 Å². The van der Waals surface area contributed by atoms with Crippen LogP contribution in [0.3, 0.4) is 0 Å². The zero-order chi connectivity index (χ0) is 62.6. The molecule has 0 saturated carbocycles. The van der Waals surface area contributed by atoms with Crippen molar-refractivity contribution < 1.29 is 42.9 Å². The molecule has 0 heterocycles. The second kappa shape index (κ2) is 68.2. The molecule has 2 atom stereocenters. The number of hydrogen-bond acceptors (Lipinski definition) is 8. The number of carbonyl (C=O) groups is 3. The van der Waals surface area contributed by atoms with Gasteiger partial charge in [-0.3, -0.25) is 9.59 Å². The van der Waals surface area contributed by atoms with E-state index in [1.165, 1.54) is 276 Å². The van der Waals surface area contributed by atoms with Gasteiger partial charge in [-0.1, -0.05) is 351 Å². The van der Waals surface area contributed by atoms with Crippen molar-refractivity contribution in [1.82, 2.24) is 0 Å². The summed E-state index contributed by atoms with van der Waals surface area (Å²) in [6.45, 7) is 4.71. The summed E-state index contributed by atoms with van der Waals surface area (Å²) >= 11 is 0. The average molecular weight is 1210 g/mol. The van der Waals surface area contributed by atoms with Crippen LogP contribution in [0.15, 0.2) is 48.6 Å². The number of carboxylic acid groups (broad SMARTS) is 1. The van der Waals surface area contributed by atoms with Crippen LogP contribution in [0.4, 0.5) is 0 Å². The molecule has 9 heteroatoms. The summed E-state index contributed by atoms with van der Waals surface area (Å²) < 4.78 is 22.9. The number of ether oxygens (including phenoxy) is 4. The molecule has 0 N–H and O–H groups in total. The number of allylic oxidation sites excluding steroid dienone is 8. The van der Waals surface area contributed by atoms with E-state index >= 15 is 0 Å². The van der Waals surface area contributed by atoms with Crippen molar-refractivity contribution in [2.45, 2.75) is 379 Å². The summed E-state index contributed by atoms with van der Waals surface area (Å²) in [5.74, 6) is -2.25. The first kappa shape index (κ1) is 83.2. The maximum atomic E-state index is 13.0. The van der Waals surface area contributed by atoms with Crippen LogP contribution >= 0.6 is 0 Å². The molecule has 0 rings (SSSR count). The van der Waals surface area contributed by atoms with Crippen molar-refractivity contribution >= 4 is 17.9 Å². The molecule has 0 radical (unpaired) electrons. The first-order valence-corrected chi connectivity index (χ1v) is 37.3. The van der Waals surface area contributed by atoms with Gasteiger partial charge in [-0.05, 0) is 51.4 Å². The molecule has 504 valence electrons. The number of rotatable bonds is 70. The Morgan fingerprint density at radius 3 is 0.988 bits per heavy atom. The molecule has 9 nitrogen and oxygen atoms in total. The van der Waals surface area contributed by atoms with Gasteiger partial charge in [0.2, 0.25) is 0 Å². The van der Waals surface area contributed by atoms with E-state index < -0.39 is 24.3 Å². The molecule has 86 heavy (non-hydrogen) atoms. The summed E-state index contributed by atoms with van der Waals surface area (Å²) in [6.07, 6.45) is 85.0. The maximum absolute atomic E-state index is 13.0. The Balaban J connectivity index is 4.01. The highest BCUT2D eigenvalue weighted by Gasteiger charge is 2.22. The molecule has 0 saturated heterocycles. The second-order valence-electron chi connectivity index (χ2n) is 26.6. The highest BCUT2D eigenvalue weighted by Crippen LogP contribution is 2.19. The molecule has 0 aliphatic carbocycles. The van der Waals surface area contributed by atoms with E-state index in [0.29, 0.717) is 17.4 Å². The molecule has 0 aromatic carbocycles. The first-order chi connectivity index (χ1) is 42.1. The summed E-state index contributed by atoms with van der Waals surface area (Å²) in [6, 6.07) is 0. The van der Waals surface area contributed by atoms with Gasteiger partial charge >= 0.3 is 11.9 Å². The summed E-state index contributed by atoms with van der Waals surface area (Å²) in [4.78, 5) is 37.5. The van der Waals surface area contributed by atoms with E-state index in [9.17, 15) is 19.5 Å². The highest BCUT2D eigenvalue weighted by molar-refractivity contribution is 5.70. The van der Waals surface area contributed by atoms with Crippen molar-refractivity contribution in [2.24, 2.45) is 0 Å². The Hall–Kier alpha value is -2.75. The highest BCUT2D eigenvalue weighted by atomic mass is 16.7. The van der Waals surface area contributed by atoms with Gasteiger partial charge in [-0.25, -0.2) is 0 Å². The van der Waals surface area contributed by atoms with Gasteiger partial charge in [0.1, 0.15) is 13.2 Å². The Labute approximate surface area is 533 Å². The van der Waals surface area contributed by atoms with Crippen LogP contribution < -0.4 is 5.11 Å². The minimum atomic E-state index is -1.62. The monoisotopic (exact) mass is 1210 g/mol. The number of unbranched alkanes of at least 4 members (excludes halogenated alkanes) is 47. The predicted molar refractivity (Wildman–Crippen MR) is 366 cm³/mol. The minimum absolute atomic E-state index is 0.151. The molecule has 0 aromatic rings. The Bertz CT molecular complexity index is 1550. The topological polar surface area (TPSA) is 111 Å². The summed E-state index contributed by atoms with van der Waals surface area (Å²) in [5, 5.41) is 11.8. The number of carboxylic acids is 1. The number of nitrogens with zero attached hydrogens (tertiary/aromatic N) is 1. The molecular weight excluding hydrogens is 1070 g/mol. The number of aliphatic carboxylic acids is 1. The molecule has 0 aliphatic heterocycles. The molecule has 0 bridgehead atoms. The number of quaternary nitrogens is 1. The van der Waals surface area contributed by atoms with Gasteiger partial charge in [-0.2, -0.15) is 0 Å². The Morgan fingerprint density at radius 2 is 0.663 bits per heavy atom. The van der Waals surface area contributed by atoms with E-state index in [1.807, 2.05) is 21.1 Å². The van der Waals surface area contributed by atoms with Crippen LogP contribution in [0.1, 0.15) is 367 Å². The number of carbonyl (C=O) groups excluding carboxylic acids is 3. The van der Waals surface area contributed by atoms with E-state index in [2.05, 4.69) is 62.5 Å². The molecular formula is C77H143NO8. The summed E-state index contributed by atoms with van der Waals surface area (Å²) in [5.41, 5.74) is 0. The van der Waals surface area contributed by atoms with E-state index in [0.717, 1.165) is 64.2 Å². The molecule has 0 aromatic heterocycles. The van der Waals surface area contributed by atoms with Crippen LogP contribution in [0.5, 0.6) is 0 Å². The van der Waals surface area contributed by atoms with Crippen molar-refractivity contribution in [3.8, 4) is 0 Å². The molecule has 0 spiro atoms. The lowest BCUT2D eigenvalue weighted by molar-refractivity contribution is -0.870. The fourth-order valence-corrected chi connectivity index (χ4v) is 11.2. The lowest BCUT2D eigenvalue weighted by atomic mass is 10.0. The van der Waals surface area contributed by atoms with Gasteiger partial charge < -0.3 is 33.3 Å². The van der Waals surface area contributed by atoms with Crippen LogP contribution in [-0.2, 0) is 33.3 Å². The zero-order valence-corrected chi connectivity index (χ0v) is 57.7. The number of esters is 2. The van der Waals surface area contributed by atoms with Crippen molar-refractivity contribution in [3.05, 3.63) is 48.6 Å². The SMILES string of the molecule is CC/C=C\C/C=C\C/C=C\C/C=C\CCCCCCCCCCCCCCCCCCCCCCCCC(=O)OC(COC(=O)CCCCCCCCCCCCCCCCCCCCCCCCCCCC)COC(OCC[N+](C)(C)C)C(=O)[O-]. The zero-order valence-electron chi connectivity index (χ0n) is 57.7. The predicted octanol–water partition coefficient (Wildman–Crippen LogP) is 22.0. The van der Waals surface area contributed by atoms with Crippen LogP contribution in [0.25, 0.3) is 0 Å². The lowest BCUT2D eigenvalue weighted by Gasteiger charge is -2.26. The third-order valence-corrected chi connectivity index (χ3v) is 16.8. The fraction of sp³-hybridized carbons (Fsp3) is 0.857. The first-order valence-electron chi connectivity index (χ1n) is 37.3. The molecule has 2 unspecified atom stereocenters. The van der Waals surface area contributed by atoms with Crippen LogP contribution in [-0.4, -0.2) is 82.3 Å². The normalized spacial score (nSPS) is 12.9. The third-order valence-electron chi connectivity index (χ3n) is 16.8. The summed E-state index contributed by atoms with van der Waals surface area (Å²) in [7, 11) is 5.95. The maximum Gasteiger partial charge on any atom is 0.306 e. The average Bonchev–Trinajstić information content (AvgIpc) is 3.64. The Morgan fingerprint density at radius 1 is 0.360 bits per heavy atom. The quantitative estimate of drug-likeness (QED) is 0.0195. The van der Waals surface area contributed by atoms with Gasteiger partial charge in [0.15, 0.2) is 12.4 Å². The lowest BCUT2D eigenvalue weighted by Crippen LogP contribution is -2.44. The van der Waals surface area contributed by atoms with E-state index in [4.69, 9.17) is 18.9 Å². The smallest absolute Gasteiger partial charge is 0.306 e. The fourth-order valence-electron chi connectivity index (χ4n) is 11.2. The van der Waals surface area contributed by atoms with Gasteiger partial charge in [-0.15, -0.1) is 0 Å². The van der Waals surface area contributed by atoms with Gasteiger partial charge in [0, 0.05) is 12.8 Å². The molecule has 0 aliphatic rings. The third kappa shape index (κ3) is 68.7. The standard InChI is InChI=1S/C77H143NO8/c1-6-8-10-12-14-16-18-20-22-24-26-28-30-32-34-35-36-37-38-39-40-41-42-44-46-48-50-52-54-56-58-60-62-64-66-68-75(80)86-73(72-85-77(76(81)82)83-70-69-78(3,4)5)71-84-74(79)67-65-63-61-59-57-55-53-51-49-47-45-43-33-31-29-27-25-23-21-19-17-15-13-11-9-7-2/h8,10,14,16,20,22,26,28,73,77H,6-7,9,11-13,15,17-19,21,23-25,27,29-72H2,1-5H3/b10-8-,16-14-,22-20-,28-26-. The second-order valence-corrected chi connectivity index (χ2v) is 26.6. The van der Waals surface area contributed by atoms with E-state index in [1.54, 1.807) is 0 Å². The number of hydrogen-bond donors (Lipinski definition) is 0. The van der Waals surface area contributed by atoms with Crippen LogP contribution in [0.2, 0.25) is 0 Å². The Kier molecular flexibility index (Phi) is 66.0. The minimum Gasteiger partial charge on any atom is -0.545 e. The largest absolute Gasteiger partial charge is 0.545 e. The molecule has 0 fully saturated rings. The van der Waals surface area contributed by atoms with Crippen LogP contribution in [0, 0.1) is 0 Å².